The Bertz CT molecular complexity index is 839. The third-order valence-electron chi connectivity index (χ3n) is 3.69. The second-order valence-corrected chi connectivity index (χ2v) is 8.79. The maximum absolute atomic E-state index is 12.2. The van der Waals surface area contributed by atoms with E-state index in [9.17, 15) is 13.2 Å². The Morgan fingerprint density at radius 1 is 1.08 bits per heavy atom. The molecule has 134 valence electrons. The van der Waals surface area contributed by atoms with Crippen LogP contribution in [0.3, 0.4) is 0 Å². The lowest BCUT2D eigenvalue weighted by Crippen LogP contribution is -2.28. The second-order valence-electron chi connectivity index (χ2n) is 5.79. The van der Waals surface area contributed by atoms with Gasteiger partial charge in [0.2, 0.25) is 5.91 Å². The van der Waals surface area contributed by atoms with Gasteiger partial charge in [-0.3, -0.25) is 4.79 Å². The normalized spacial score (nSPS) is 12.6. The maximum atomic E-state index is 12.2. The Labute approximate surface area is 158 Å². The standard InChI is InChI=1S/C18H19Cl2NO3S/c1-13(15-5-3-2-4-6-15)21-18(22)9-10-25(23,24)12-14-7-8-16(19)17(20)11-14/h2-8,11,13H,9-10,12H2,1H3,(H,21,22). The molecule has 0 heterocycles. The summed E-state index contributed by atoms with van der Waals surface area (Å²) in [5.74, 6) is -0.694. The average molecular weight is 400 g/mol. The zero-order valence-corrected chi connectivity index (χ0v) is 16.0. The highest BCUT2D eigenvalue weighted by Crippen LogP contribution is 2.23. The molecular formula is C18H19Cl2NO3S. The van der Waals surface area contributed by atoms with E-state index in [0.29, 0.717) is 15.6 Å². The Kier molecular flexibility index (Phi) is 6.87. The van der Waals surface area contributed by atoms with Crippen LogP contribution >= 0.6 is 23.2 Å². The van der Waals surface area contributed by atoms with E-state index < -0.39 is 9.84 Å². The van der Waals surface area contributed by atoms with Crippen molar-refractivity contribution in [3.63, 3.8) is 0 Å². The first-order chi connectivity index (χ1) is 11.8. The summed E-state index contributed by atoms with van der Waals surface area (Å²) < 4.78 is 24.4. The largest absolute Gasteiger partial charge is 0.350 e. The first-order valence-electron chi connectivity index (χ1n) is 7.75. The lowest BCUT2D eigenvalue weighted by molar-refractivity contribution is -0.121. The van der Waals surface area contributed by atoms with Crippen molar-refractivity contribution in [3.05, 3.63) is 69.7 Å². The zero-order valence-electron chi connectivity index (χ0n) is 13.7. The highest BCUT2D eigenvalue weighted by Gasteiger charge is 2.16. The van der Waals surface area contributed by atoms with Crippen molar-refractivity contribution in [2.45, 2.75) is 25.1 Å². The van der Waals surface area contributed by atoms with Crippen molar-refractivity contribution in [2.24, 2.45) is 0 Å². The van der Waals surface area contributed by atoms with Crippen LogP contribution in [0.1, 0.15) is 30.5 Å². The summed E-state index contributed by atoms with van der Waals surface area (Å²) in [5, 5.41) is 3.49. The fraction of sp³-hybridized carbons (Fsp3) is 0.278. The molecule has 1 atom stereocenters. The zero-order chi connectivity index (χ0) is 18.4. The van der Waals surface area contributed by atoms with Crippen LogP contribution in [0, 0.1) is 0 Å². The minimum Gasteiger partial charge on any atom is -0.350 e. The van der Waals surface area contributed by atoms with Gasteiger partial charge in [0, 0.05) is 6.42 Å². The average Bonchev–Trinajstić information content (AvgIpc) is 2.57. The van der Waals surface area contributed by atoms with Gasteiger partial charge in [-0.1, -0.05) is 59.6 Å². The third-order valence-corrected chi connectivity index (χ3v) is 6.03. The molecule has 1 amide bonds. The van der Waals surface area contributed by atoms with Crippen molar-refractivity contribution >= 4 is 38.9 Å². The molecule has 2 aromatic carbocycles. The van der Waals surface area contributed by atoms with Gasteiger partial charge in [0.25, 0.3) is 0 Å². The van der Waals surface area contributed by atoms with E-state index >= 15 is 0 Å². The molecule has 25 heavy (non-hydrogen) atoms. The quantitative estimate of drug-likeness (QED) is 0.759. The van der Waals surface area contributed by atoms with Gasteiger partial charge >= 0.3 is 0 Å². The topological polar surface area (TPSA) is 63.2 Å². The monoisotopic (exact) mass is 399 g/mol. The van der Waals surface area contributed by atoms with Gasteiger partial charge in [-0.25, -0.2) is 8.42 Å². The summed E-state index contributed by atoms with van der Waals surface area (Å²) in [6, 6.07) is 14.0. The molecular weight excluding hydrogens is 381 g/mol. The van der Waals surface area contributed by atoms with Gasteiger partial charge in [-0.05, 0) is 30.2 Å². The number of hydrogen-bond acceptors (Lipinski definition) is 3. The molecule has 0 fully saturated rings. The van der Waals surface area contributed by atoms with Crippen molar-refractivity contribution in [2.75, 3.05) is 5.75 Å². The summed E-state index contributed by atoms with van der Waals surface area (Å²) in [5.41, 5.74) is 1.52. The number of carbonyl (C=O) groups excluding carboxylic acids is 1. The van der Waals surface area contributed by atoms with Crippen molar-refractivity contribution in [1.82, 2.24) is 5.32 Å². The molecule has 0 spiro atoms. The molecule has 2 aromatic rings. The highest BCUT2D eigenvalue weighted by molar-refractivity contribution is 7.90. The van der Waals surface area contributed by atoms with Crippen molar-refractivity contribution in [3.8, 4) is 0 Å². The molecule has 0 aliphatic heterocycles. The minimum atomic E-state index is -3.42. The van der Waals surface area contributed by atoms with E-state index in [1.165, 1.54) is 6.07 Å². The van der Waals surface area contributed by atoms with Gasteiger partial charge < -0.3 is 5.32 Å². The summed E-state index contributed by atoms with van der Waals surface area (Å²) in [7, 11) is -3.42. The van der Waals surface area contributed by atoms with Crippen LogP contribution in [-0.4, -0.2) is 20.1 Å². The van der Waals surface area contributed by atoms with Crippen LogP contribution in [-0.2, 0) is 20.4 Å². The van der Waals surface area contributed by atoms with E-state index in [0.717, 1.165) is 5.56 Å². The van der Waals surface area contributed by atoms with Crippen LogP contribution in [0.4, 0.5) is 0 Å². The Morgan fingerprint density at radius 2 is 1.76 bits per heavy atom. The summed E-state index contributed by atoms with van der Waals surface area (Å²) >= 11 is 11.7. The number of sulfone groups is 1. The fourth-order valence-corrected chi connectivity index (χ4v) is 3.99. The molecule has 1 N–H and O–H groups in total. The van der Waals surface area contributed by atoms with Gasteiger partial charge in [-0.15, -0.1) is 0 Å². The number of halogens is 2. The van der Waals surface area contributed by atoms with Crippen LogP contribution in [0.2, 0.25) is 10.0 Å². The van der Waals surface area contributed by atoms with Crippen molar-refractivity contribution in [1.29, 1.82) is 0 Å². The van der Waals surface area contributed by atoms with Gasteiger partial charge in [0.15, 0.2) is 9.84 Å². The number of rotatable bonds is 7. The first-order valence-corrected chi connectivity index (χ1v) is 10.3. The molecule has 0 radical (unpaired) electrons. The summed E-state index contributed by atoms with van der Waals surface area (Å²) in [6.07, 6.45) is -0.0825. The molecule has 0 aromatic heterocycles. The van der Waals surface area contributed by atoms with E-state index in [2.05, 4.69) is 5.32 Å². The maximum Gasteiger partial charge on any atom is 0.221 e. The number of hydrogen-bond donors (Lipinski definition) is 1. The Hall–Kier alpha value is -1.56. The first kappa shape index (κ1) is 19.8. The van der Waals surface area contributed by atoms with Gasteiger partial charge in [0.1, 0.15) is 0 Å². The Balaban J connectivity index is 1.88. The molecule has 0 aliphatic rings. The fourth-order valence-electron chi connectivity index (χ4n) is 2.34. The smallest absolute Gasteiger partial charge is 0.221 e. The molecule has 4 nitrogen and oxygen atoms in total. The van der Waals surface area contributed by atoms with Crippen molar-refractivity contribution < 1.29 is 13.2 Å². The van der Waals surface area contributed by atoms with Crippen LogP contribution in [0.15, 0.2) is 48.5 Å². The van der Waals surface area contributed by atoms with Crippen LogP contribution in [0.5, 0.6) is 0 Å². The number of nitrogens with one attached hydrogen (secondary N) is 1. The van der Waals surface area contributed by atoms with Gasteiger partial charge in [0.05, 0.1) is 27.6 Å². The highest BCUT2D eigenvalue weighted by atomic mass is 35.5. The molecule has 2 rings (SSSR count). The molecule has 0 saturated carbocycles. The van der Waals surface area contributed by atoms with Crippen LogP contribution < -0.4 is 5.32 Å². The number of carbonyl (C=O) groups is 1. The Morgan fingerprint density at radius 3 is 2.40 bits per heavy atom. The molecule has 7 heteroatoms. The minimum absolute atomic E-state index is 0.0825. The predicted molar refractivity (Wildman–Crippen MR) is 102 cm³/mol. The van der Waals surface area contributed by atoms with Crippen LogP contribution in [0.25, 0.3) is 0 Å². The number of benzene rings is 2. The van der Waals surface area contributed by atoms with E-state index in [1.54, 1.807) is 12.1 Å². The van der Waals surface area contributed by atoms with E-state index in [-0.39, 0.29) is 29.9 Å². The molecule has 0 aliphatic carbocycles. The van der Waals surface area contributed by atoms with E-state index in [1.807, 2.05) is 37.3 Å². The molecule has 1 unspecified atom stereocenters. The predicted octanol–water partition coefficient (Wildman–Crippen LogP) is 4.18. The summed E-state index contributed by atoms with van der Waals surface area (Å²) in [6.45, 7) is 1.86. The van der Waals surface area contributed by atoms with E-state index in [4.69, 9.17) is 23.2 Å². The second kappa shape index (κ2) is 8.70. The lowest BCUT2D eigenvalue weighted by Gasteiger charge is -2.14. The number of amides is 1. The van der Waals surface area contributed by atoms with Gasteiger partial charge in [-0.2, -0.15) is 0 Å². The molecule has 0 bridgehead atoms. The lowest BCUT2D eigenvalue weighted by atomic mass is 10.1. The summed E-state index contributed by atoms with van der Waals surface area (Å²) in [4.78, 5) is 12.0. The SMILES string of the molecule is CC(NC(=O)CCS(=O)(=O)Cc1ccc(Cl)c(Cl)c1)c1ccccc1. The molecule has 0 saturated heterocycles. The third kappa shape index (κ3) is 6.34.